The van der Waals surface area contributed by atoms with Crippen molar-refractivity contribution in [3.05, 3.63) is 58.6 Å². The summed E-state index contributed by atoms with van der Waals surface area (Å²) in [7, 11) is 3.96. The first-order chi connectivity index (χ1) is 11.3. The van der Waals surface area contributed by atoms with E-state index in [0.29, 0.717) is 5.56 Å². The van der Waals surface area contributed by atoms with Gasteiger partial charge in [0.05, 0.1) is 15.8 Å². The molecule has 0 aliphatic carbocycles. The van der Waals surface area contributed by atoms with Crippen LogP contribution in [0, 0.1) is 0 Å². The second-order valence-electron chi connectivity index (χ2n) is 5.55. The molecule has 1 aromatic heterocycles. The van der Waals surface area contributed by atoms with E-state index < -0.39 is 11.7 Å². The largest absolute Gasteiger partial charge is 0.416 e. The maximum Gasteiger partial charge on any atom is 0.416 e. The highest BCUT2D eigenvalue weighted by Gasteiger charge is 2.29. The van der Waals surface area contributed by atoms with Crippen LogP contribution in [0.25, 0.3) is 22.4 Å². The Hall–Kier alpha value is -2.34. The van der Waals surface area contributed by atoms with Gasteiger partial charge in [0.15, 0.2) is 0 Å². The summed E-state index contributed by atoms with van der Waals surface area (Å²) < 4.78 is 38.7. The van der Waals surface area contributed by atoms with Crippen LogP contribution in [0.1, 0.15) is 16.1 Å². The Bertz CT molecular complexity index is 877. The first-order valence-corrected chi connectivity index (χ1v) is 8.08. The Balaban J connectivity index is 1.82. The molecule has 0 bridgehead atoms. The Labute approximate surface area is 141 Å². The van der Waals surface area contributed by atoms with Crippen molar-refractivity contribution in [1.82, 2.24) is 4.98 Å². The van der Waals surface area contributed by atoms with Crippen molar-refractivity contribution >= 4 is 39.4 Å². The SMILES string of the molecule is CN(C)c1ccc2nc(/C=C/c3ccc(C(F)(F)F)cc3)sc2c1. The Kier molecular flexibility index (Phi) is 4.32. The fraction of sp³-hybridized carbons (Fsp3) is 0.167. The van der Waals surface area contributed by atoms with Crippen LogP contribution in [0.4, 0.5) is 18.9 Å². The van der Waals surface area contributed by atoms with Crippen molar-refractivity contribution in [2.45, 2.75) is 6.18 Å². The summed E-state index contributed by atoms with van der Waals surface area (Å²) in [6.07, 6.45) is -0.716. The first-order valence-electron chi connectivity index (χ1n) is 7.26. The zero-order chi connectivity index (χ0) is 17.3. The fourth-order valence-corrected chi connectivity index (χ4v) is 3.13. The van der Waals surface area contributed by atoms with Gasteiger partial charge in [0, 0.05) is 19.8 Å². The van der Waals surface area contributed by atoms with Gasteiger partial charge in [-0.25, -0.2) is 4.98 Å². The molecular weight excluding hydrogens is 333 g/mol. The quantitative estimate of drug-likeness (QED) is 0.617. The van der Waals surface area contributed by atoms with Crippen LogP contribution >= 0.6 is 11.3 Å². The molecule has 0 unspecified atom stereocenters. The van der Waals surface area contributed by atoms with Gasteiger partial charge in [0.2, 0.25) is 0 Å². The van der Waals surface area contributed by atoms with Crippen LogP contribution in [0.15, 0.2) is 42.5 Å². The molecule has 0 spiro atoms. The minimum absolute atomic E-state index is 0.643. The zero-order valence-electron chi connectivity index (χ0n) is 13.1. The summed E-state index contributed by atoms with van der Waals surface area (Å²) >= 11 is 1.55. The lowest BCUT2D eigenvalue weighted by molar-refractivity contribution is -0.137. The molecule has 0 fully saturated rings. The minimum atomic E-state index is -4.31. The van der Waals surface area contributed by atoms with E-state index in [-0.39, 0.29) is 0 Å². The highest BCUT2D eigenvalue weighted by Crippen LogP contribution is 2.30. The zero-order valence-corrected chi connectivity index (χ0v) is 13.9. The number of benzene rings is 2. The predicted molar refractivity (Wildman–Crippen MR) is 94.3 cm³/mol. The van der Waals surface area contributed by atoms with Gasteiger partial charge in [0.25, 0.3) is 0 Å². The van der Waals surface area contributed by atoms with E-state index >= 15 is 0 Å². The smallest absolute Gasteiger partial charge is 0.378 e. The van der Waals surface area contributed by atoms with Crippen molar-refractivity contribution in [2.75, 3.05) is 19.0 Å². The number of halogens is 3. The molecule has 3 aromatic rings. The molecule has 0 amide bonds. The van der Waals surface area contributed by atoms with Crippen LogP contribution in [-0.4, -0.2) is 19.1 Å². The molecule has 2 nitrogen and oxygen atoms in total. The van der Waals surface area contributed by atoms with E-state index in [4.69, 9.17) is 0 Å². The number of rotatable bonds is 3. The number of hydrogen-bond acceptors (Lipinski definition) is 3. The van der Waals surface area contributed by atoms with Crippen molar-refractivity contribution in [3.63, 3.8) is 0 Å². The van der Waals surface area contributed by atoms with Crippen molar-refractivity contribution < 1.29 is 13.2 Å². The Morgan fingerprint density at radius 2 is 1.71 bits per heavy atom. The third-order valence-electron chi connectivity index (χ3n) is 3.56. The molecule has 0 atom stereocenters. The maximum absolute atomic E-state index is 12.5. The van der Waals surface area contributed by atoms with Crippen LogP contribution in [-0.2, 0) is 6.18 Å². The van der Waals surface area contributed by atoms with E-state index in [1.165, 1.54) is 12.1 Å². The van der Waals surface area contributed by atoms with E-state index in [9.17, 15) is 13.2 Å². The van der Waals surface area contributed by atoms with E-state index in [2.05, 4.69) is 11.1 Å². The molecule has 124 valence electrons. The molecule has 0 saturated carbocycles. The van der Waals surface area contributed by atoms with Crippen LogP contribution in [0.2, 0.25) is 0 Å². The van der Waals surface area contributed by atoms with Crippen LogP contribution in [0.3, 0.4) is 0 Å². The van der Waals surface area contributed by atoms with Crippen molar-refractivity contribution in [3.8, 4) is 0 Å². The molecule has 2 aromatic carbocycles. The standard InChI is InChI=1S/C18H15F3N2S/c1-23(2)14-8-9-15-16(11-14)24-17(22-15)10-5-12-3-6-13(7-4-12)18(19,20)21/h3-11H,1-2H3/b10-5+. The van der Waals surface area contributed by atoms with Crippen molar-refractivity contribution in [1.29, 1.82) is 0 Å². The summed E-state index contributed by atoms with van der Waals surface area (Å²) in [4.78, 5) is 6.54. The number of anilines is 1. The van der Waals surface area contributed by atoms with Crippen molar-refractivity contribution in [2.24, 2.45) is 0 Å². The Morgan fingerprint density at radius 3 is 2.33 bits per heavy atom. The highest BCUT2D eigenvalue weighted by atomic mass is 32.1. The Morgan fingerprint density at radius 1 is 1.00 bits per heavy atom. The summed E-state index contributed by atoms with van der Waals surface area (Å²) in [5.74, 6) is 0. The number of alkyl halides is 3. The highest BCUT2D eigenvalue weighted by molar-refractivity contribution is 7.19. The lowest BCUT2D eigenvalue weighted by atomic mass is 10.1. The molecule has 1 heterocycles. The second-order valence-corrected chi connectivity index (χ2v) is 6.61. The predicted octanol–water partition coefficient (Wildman–Crippen LogP) is 5.55. The summed E-state index contributed by atoms with van der Waals surface area (Å²) in [6, 6.07) is 11.1. The van der Waals surface area contributed by atoms with Gasteiger partial charge in [-0.1, -0.05) is 18.2 Å². The van der Waals surface area contributed by atoms with Gasteiger partial charge in [-0.2, -0.15) is 13.2 Å². The van der Waals surface area contributed by atoms with Gasteiger partial charge >= 0.3 is 6.18 Å². The maximum atomic E-state index is 12.5. The third-order valence-corrected chi connectivity index (χ3v) is 4.54. The lowest BCUT2D eigenvalue weighted by Crippen LogP contribution is -2.07. The number of hydrogen-bond donors (Lipinski definition) is 0. The monoisotopic (exact) mass is 348 g/mol. The molecule has 0 radical (unpaired) electrons. The summed E-state index contributed by atoms with van der Waals surface area (Å²) in [6.45, 7) is 0. The van der Waals surface area contributed by atoms with Crippen LogP contribution < -0.4 is 4.90 Å². The number of thiazole rings is 1. The number of aromatic nitrogens is 1. The molecular formula is C18H15F3N2S. The van der Waals surface area contributed by atoms with Crippen LogP contribution in [0.5, 0.6) is 0 Å². The normalized spacial score (nSPS) is 12.2. The first kappa shape index (κ1) is 16.5. The lowest BCUT2D eigenvalue weighted by Gasteiger charge is -2.11. The number of nitrogens with zero attached hydrogens (tertiary/aromatic N) is 2. The topological polar surface area (TPSA) is 16.1 Å². The van der Waals surface area contributed by atoms with Gasteiger partial charge < -0.3 is 4.90 Å². The average Bonchev–Trinajstić information content (AvgIpc) is 2.94. The summed E-state index contributed by atoms with van der Waals surface area (Å²) in [5, 5.41) is 0.820. The van der Waals surface area contributed by atoms with Gasteiger partial charge in [-0.3, -0.25) is 0 Å². The fourth-order valence-electron chi connectivity index (χ4n) is 2.23. The van der Waals surface area contributed by atoms with Gasteiger partial charge in [0.1, 0.15) is 5.01 Å². The molecule has 24 heavy (non-hydrogen) atoms. The molecule has 0 saturated heterocycles. The van der Waals surface area contributed by atoms with E-state index in [1.54, 1.807) is 17.4 Å². The molecule has 0 aliphatic rings. The molecule has 3 rings (SSSR count). The molecule has 6 heteroatoms. The third kappa shape index (κ3) is 3.59. The minimum Gasteiger partial charge on any atom is -0.378 e. The van der Waals surface area contributed by atoms with Gasteiger partial charge in [-0.15, -0.1) is 11.3 Å². The summed E-state index contributed by atoms with van der Waals surface area (Å²) in [5.41, 5.74) is 2.08. The van der Waals surface area contributed by atoms with Gasteiger partial charge in [-0.05, 0) is 42.0 Å². The number of fused-ring (bicyclic) bond motifs is 1. The second kappa shape index (κ2) is 6.28. The van der Waals surface area contributed by atoms with E-state index in [0.717, 1.165) is 33.0 Å². The van der Waals surface area contributed by atoms with E-state index in [1.807, 2.05) is 37.2 Å². The molecule has 0 aliphatic heterocycles. The molecule has 0 N–H and O–H groups in total. The average molecular weight is 348 g/mol.